The van der Waals surface area contributed by atoms with Crippen LogP contribution < -0.4 is 24.8 Å². The van der Waals surface area contributed by atoms with Gasteiger partial charge in [0, 0.05) is 38.0 Å². The average Bonchev–Trinajstić information content (AvgIpc) is 3.25. The lowest BCUT2D eigenvalue weighted by molar-refractivity contribution is -0.125. The molecule has 1 saturated carbocycles. The van der Waals surface area contributed by atoms with Gasteiger partial charge in [-0.05, 0) is 25.0 Å². The summed E-state index contributed by atoms with van der Waals surface area (Å²) in [6.45, 7) is 0.620. The minimum Gasteiger partial charge on any atom is -0.493 e. The summed E-state index contributed by atoms with van der Waals surface area (Å²) in [4.78, 5) is 23.7. The molecule has 1 aliphatic rings. The van der Waals surface area contributed by atoms with Crippen molar-refractivity contribution in [1.29, 1.82) is 0 Å². The normalized spacial score (nSPS) is 14.4. The van der Waals surface area contributed by atoms with Crippen molar-refractivity contribution >= 4 is 21.8 Å². The van der Waals surface area contributed by atoms with E-state index in [0.717, 1.165) is 25.7 Å². The number of nitrogens with one attached hydrogen (secondary N) is 3. The summed E-state index contributed by atoms with van der Waals surface area (Å²) >= 11 is 0. The van der Waals surface area contributed by atoms with Gasteiger partial charge in [0.05, 0.1) is 19.1 Å². The van der Waals surface area contributed by atoms with Crippen molar-refractivity contribution in [1.82, 2.24) is 15.4 Å². The smallest absolute Gasteiger partial charge is 0.240 e. The first-order valence-electron chi connectivity index (χ1n) is 9.63. The molecule has 0 spiro atoms. The zero-order valence-corrected chi connectivity index (χ0v) is 17.6. The monoisotopic (exact) mass is 427 g/mol. The van der Waals surface area contributed by atoms with Gasteiger partial charge < -0.3 is 20.1 Å². The van der Waals surface area contributed by atoms with E-state index >= 15 is 0 Å². The predicted octanol–water partition coefficient (Wildman–Crippen LogP) is 0.795. The SMILES string of the molecule is COc1ccc(S(=O)(=O)NCCC(=O)NCCNC(=O)C2CCCC2)cc1OC. The van der Waals surface area contributed by atoms with Crippen molar-refractivity contribution < 1.29 is 27.5 Å². The molecule has 0 unspecified atom stereocenters. The third-order valence-electron chi connectivity index (χ3n) is 4.78. The van der Waals surface area contributed by atoms with Crippen LogP contribution in [-0.4, -0.2) is 54.1 Å². The molecule has 0 heterocycles. The van der Waals surface area contributed by atoms with Crippen LogP contribution in [0.2, 0.25) is 0 Å². The molecular formula is C19H29N3O6S. The van der Waals surface area contributed by atoms with Crippen molar-refractivity contribution in [2.75, 3.05) is 33.9 Å². The van der Waals surface area contributed by atoms with Gasteiger partial charge >= 0.3 is 0 Å². The number of ether oxygens (including phenoxy) is 2. The maximum atomic E-state index is 12.4. The van der Waals surface area contributed by atoms with Gasteiger partial charge in [-0.2, -0.15) is 0 Å². The van der Waals surface area contributed by atoms with Crippen LogP contribution in [0.15, 0.2) is 23.1 Å². The van der Waals surface area contributed by atoms with E-state index in [9.17, 15) is 18.0 Å². The van der Waals surface area contributed by atoms with Crippen LogP contribution in [0.1, 0.15) is 32.1 Å². The van der Waals surface area contributed by atoms with E-state index in [1.165, 1.54) is 32.4 Å². The van der Waals surface area contributed by atoms with Crippen LogP contribution in [0.25, 0.3) is 0 Å². The second-order valence-electron chi connectivity index (χ2n) is 6.79. The summed E-state index contributed by atoms with van der Waals surface area (Å²) in [6.07, 6.45) is 4.03. The van der Waals surface area contributed by atoms with Crippen molar-refractivity contribution in [2.45, 2.75) is 37.0 Å². The first-order chi connectivity index (χ1) is 13.9. The lowest BCUT2D eigenvalue weighted by Gasteiger charge is -2.12. The molecule has 1 aliphatic carbocycles. The van der Waals surface area contributed by atoms with Crippen LogP contribution in [0, 0.1) is 5.92 Å². The summed E-state index contributed by atoms with van der Waals surface area (Å²) < 4.78 is 37.3. The standard InChI is InChI=1S/C19H29N3O6S/c1-27-16-8-7-15(13-17(16)28-2)29(25,26)22-10-9-18(23)20-11-12-21-19(24)14-5-3-4-6-14/h7-8,13-14,22H,3-6,9-12H2,1-2H3,(H,20,23)(H,21,24). The summed E-state index contributed by atoms with van der Waals surface area (Å²) in [5.41, 5.74) is 0. The second kappa shape index (κ2) is 11.0. The molecule has 2 rings (SSSR count). The van der Waals surface area contributed by atoms with Gasteiger partial charge in [-0.15, -0.1) is 0 Å². The molecule has 1 aromatic carbocycles. The van der Waals surface area contributed by atoms with Crippen LogP contribution >= 0.6 is 0 Å². The van der Waals surface area contributed by atoms with Crippen LogP contribution in [0.5, 0.6) is 11.5 Å². The Bertz CT molecular complexity index is 806. The Balaban J connectivity index is 1.70. The third-order valence-corrected chi connectivity index (χ3v) is 6.24. The van der Waals surface area contributed by atoms with Gasteiger partial charge in [0.15, 0.2) is 11.5 Å². The van der Waals surface area contributed by atoms with Gasteiger partial charge in [0.25, 0.3) is 0 Å². The number of methoxy groups -OCH3 is 2. The minimum absolute atomic E-state index is 0.0108. The van der Waals surface area contributed by atoms with E-state index in [1.807, 2.05) is 0 Å². The van der Waals surface area contributed by atoms with Crippen LogP contribution in [0.3, 0.4) is 0 Å². The van der Waals surface area contributed by atoms with Gasteiger partial charge in [-0.25, -0.2) is 13.1 Å². The molecule has 29 heavy (non-hydrogen) atoms. The largest absolute Gasteiger partial charge is 0.493 e. The third kappa shape index (κ3) is 6.90. The van der Waals surface area contributed by atoms with Crippen molar-refractivity contribution in [3.8, 4) is 11.5 Å². The zero-order chi connectivity index (χ0) is 21.3. The maximum Gasteiger partial charge on any atom is 0.240 e. The molecule has 0 aromatic heterocycles. The average molecular weight is 428 g/mol. The molecule has 0 aliphatic heterocycles. The van der Waals surface area contributed by atoms with E-state index in [0.29, 0.717) is 24.6 Å². The van der Waals surface area contributed by atoms with E-state index in [1.54, 1.807) is 0 Å². The fourth-order valence-corrected chi connectivity index (χ4v) is 4.22. The summed E-state index contributed by atoms with van der Waals surface area (Å²) in [6, 6.07) is 4.25. The number of hydrogen-bond acceptors (Lipinski definition) is 6. The fraction of sp³-hybridized carbons (Fsp3) is 0.579. The van der Waals surface area contributed by atoms with Crippen molar-refractivity contribution in [2.24, 2.45) is 5.92 Å². The molecule has 0 radical (unpaired) electrons. The molecule has 10 heteroatoms. The van der Waals surface area contributed by atoms with Crippen LogP contribution in [0.4, 0.5) is 0 Å². The van der Waals surface area contributed by atoms with Crippen LogP contribution in [-0.2, 0) is 19.6 Å². The topological polar surface area (TPSA) is 123 Å². The highest BCUT2D eigenvalue weighted by Crippen LogP contribution is 2.29. The number of rotatable bonds is 11. The predicted molar refractivity (Wildman–Crippen MR) is 107 cm³/mol. The molecule has 9 nitrogen and oxygen atoms in total. The highest BCUT2D eigenvalue weighted by Gasteiger charge is 2.22. The Labute approximate surface area is 171 Å². The number of sulfonamides is 1. The lowest BCUT2D eigenvalue weighted by atomic mass is 10.1. The minimum atomic E-state index is -3.78. The number of benzene rings is 1. The summed E-state index contributed by atoms with van der Waals surface area (Å²) in [5.74, 6) is 0.560. The molecule has 162 valence electrons. The Morgan fingerprint density at radius 1 is 1.00 bits per heavy atom. The highest BCUT2D eigenvalue weighted by atomic mass is 32.2. The fourth-order valence-electron chi connectivity index (χ4n) is 3.17. The Hall–Kier alpha value is -2.33. The van der Waals surface area contributed by atoms with E-state index in [-0.39, 0.29) is 35.6 Å². The molecule has 1 fully saturated rings. The molecule has 2 amide bonds. The molecule has 3 N–H and O–H groups in total. The Kier molecular flexibility index (Phi) is 8.71. The zero-order valence-electron chi connectivity index (χ0n) is 16.8. The van der Waals surface area contributed by atoms with E-state index < -0.39 is 10.0 Å². The van der Waals surface area contributed by atoms with Gasteiger partial charge in [0.1, 0.15) is 0 Å². The highest BCUT2D eigenvalue weighted by molar-refractivity contribution is 7.89. The number of amides is 2. The first-order valence-corrected chi connectivity index (χ1v) is 11.1. The lowest BCUT2D eigenvalue weighted by Crippen LogP contribution is -2.38. The summed E-state index contributed by atoms with van der Waals surface area (Å²) in [7, 11) is -0.902. The van der Waals surface area contributed by atoms with Crippen molar-refractivity contribution in [3.63, 3.8) is 0 Å². The number of carbonyl (C=O) groups excluding carboxylic acids is 2. The Morgan fingerprint density at radius 2 is 1.66 bits per heavy atom. The van der Waals surface area contributed by atoms with E-state index in [2.05, 4.69) is 15.4 Å². The maximum absolute atomic E-state index is 12.4. The number of hydrogen-bond donors (Lipinski definition) is 3. The molecule has 0 saturated heterocycles. The molecule has 0 atom stereocenters. The van der Waals surface area contributed by atoms with Crippen molar-refractivity contribution in [3.05, 3.63) is 18.2 Å². The van der Waals surface area contributed by atoms with Gasteiger partial charge in [0.2, 0.25) is 21.8 Å². The molecule has 0 bridgehead atoms. The second-order valence-corrected chi connectivity index (χ2v) is 8.55. The summed E-state index contributed by atoms with van der Waals surface area (Å²) in [5, 5.41) is 5.48. The molecular weight excluding hydrogens is 398 g/mol. The number of carbonyl (C=O) groups is 2. The Morgan fingerprint density at radius 3 is 2.31 bits per heavy atom. The quantitative estimate of drug-likeness (QED) is 0.449. The first kappa shape index (κ1) is 23.0. The molecule has 1 aromatic rings. The van der Waals surface area contributed by atoms with Gasteiger partial charge in [-0.1, -0.05) is 12.8 Å². The van der Waals surface area contributed by atoms with Gasteiger partial charge in [-0.3, -0.25) is 9.59 Å². The van der Waals surface area contributed by atoms with E-state index in [4.69, 9.17) is 9.47 Å².